The van der Waals surface area contributed by atoms with Gasteiger partial charge in [0.25, 0.3) is 5.09 Å². The lowest BCUT2D eigenvalue weighted by Crippen LogP contribution is -2.33. The summed E-state index contributed by atoms with van der Waals surface area (Å²) in [6, 6.07) is 0. The van der Waals surface area contributed by atoms with E-state index in [1.165, 1.54) is 6.92 Å². The minimum atomic E-state index is -2.64. The van der Waals surface area contributed by atoms with E-state index in [-0.39, 0.29) is 6.42 Å². The van der Waals surface area contributed by atoms with Gasteiger partial charge in [-0.3, -0.25) is 0 Å². The standard InChI is InChI=1S/C3H7NO5/c1-2-3(5,6)9-4(7)8/h5-6H,2H2,1H3. The van der Waals surface area contributed by atoms with Crippen LogP contribution in [0.5, 0.6) is 0 Å². The van der Waals surface area contributed by atoms with Crippen LogP contribution < -0.4 is 0 Å². The van der Waals surface area contributed by atoms with Crippen molar-refractivity contribution in [2.75, 3.05) is 0 Å². The Kier molecular flexibility index (Phi) is 2.35. The molecule has 0 spiro atoms. The number of nitrogens with zero attached hydrogens (tertiary/aromatic N) is 1. The quantitative estimate of drug-likeness (QED) is 0.303. The third-order valence-electron chi connectivity index (χ3n) is 0.681. The summed E-state index contributed by atoms with van der Waals surface area (Å²) in [5.41, 5.74) is 0. The molecule has 0 fully saturated rings. The van der Waals surface area contributed by atoms with Crippen LogP contribution in [0.2, 0.25) is 0 Å². The lowest BCUT2D eigenvalue weighted by atomic mass is 10.4. The van der Waals surface area contributed by atoms with Gasteiger partial charge in [0, 0.05) is 6.42 Å². The van der Waals surface area contributed by atoms with Crippen LogP contribution in [0.1, 0.15) is 13.3 Å². The Hall–Kier alpha value is -0.880. The topological polar surface area (TPSA) is 92.8 Å². The zero-order chi connectivity index (χ0) is 7.49. The molecule has 0 radical (unpaired) electrons. The van der Waals surface area contributed by atoms with Gasteiger partial charge in [-0.05, 0) is 0 Å². The largest absolute Gasteiger partial charge is 0.345 e. The molecule has 0 unspecified atom stereocenters. The van der Waals surface area contributed by atoms with Gasteiger partial charge in [-0.1, -0.05) is 6.92 Å². The Morgan fingerprint density at radius 1 is 1.78 bits per heavy atom. The Labute approximate surface area is 50.8 Å². The zero-order valence-corrected chi connectivity index (χ0v) is 4.77. The highest BCUT2D eigenvalue weighted by Gasteiger charge is 2.24. The molecular formula is C3H7NO5. The molecule has 0 aliphatic carbocycles. The summed E-state index contributed by atoms with van der Waals surface area (Å²) in [7, 11) is 0. The van der Waals surface area contributed by atoms with Crippen molar-refractivity contribution in [3.05, 3.63) is 10.1 Å². The van der Waals surface area contributed by atoms with Crippen LogP contribution in [0.15, 0.2) is 0 Å². The van der Waals surface area contributed by atoms with Gasteiger partial charge < -0.3 is 10.2 Å². The van der Waals surface area contributed by atoms with E-state index in [1.807, 2.05) is 0 Å². The molecule has 54 valence electrons. The lowest BCUT2D eigenvalue weighted by molar-refractivity contribution is -0.813. The molecule has 0 saturated carbocycles. The van der Waals surface area contributed by atoms with E-state index in [4.69, 9.17) is 10.2 Å². The molecule has 0 aliphatic rings. The Bertz CT molecular complexity index is 111. The van der Waals surface area contributed by atoms with Crippen molar-refractivity contribution >= 4 is 0 Å². The molecule has 0 aromatic rings. The highest BCUT2D eigenvalue weighted by molar-refractivity contribution is 4.38. The molecule has 0 heterocycles. The fraction of sp³-hybridized carbons (Fsp3) is 1.00. The van der Waals surface area contributed by atoms with E-state index in [1.54, 1.807) is 0 Å². The first kappa shape index (κ1) is 8.12. The Morgan fingerprint density at radius 2 is 2.22 bits per heavy atom. The molecule has 0 aromatic carbocycles. The maximum absolute atomic E-state index is 9.44. The third kappa shape index (κ3) is 3.68. The number of aliphatic hydroxyl groups is 2. The highest BCUT2D eigenvalue weighted by atomic mass is 17.0. The summed E-state index contributed by atoms with van der Waals surface area (Å²) in [6.07, 6.45) is -0.256. The maximum atomic E-state index is 9.44. The van der Waals surface area contributed by atoms with Crippen LogP contribution in [0.25, 0.3) is 0 Å². The molecule has 0 saturated heterocycles. The van der Waals surface area contributed by atoms with Crippen molar-refractivity contribution in [2.24, 2.45) is 0 Å². The van der Waals surface area contributed by atoms with Crippen molar-refractivity contribution in [2.45, 2.75) is 19.3 Å². The summed E-state index contributed by atoms with van der Waals surface area (Å²) in [5, 5.41) is 24.9. The van der Waals surface area contributed by atoms with Gasteiger partial charge in [0.05, 0.1) is 0 Å². The van der Waals surface area contributed by atoms with Crippen molar-refractivity contribution in [3.63, 3.8) is 0 Å². The molecule has 9 heavy (non-hydrogen) atoms. The van der Waals surface area contributed by atoms with E-state index < -0.39 is 11.1 Å². The predicted molar refractivity (Wildman–Crippen MR) is 25.5 cm³/mol. The maximum Gasteiger partial charge on any atom is 0.319 e. The average Bonchev–Trinajstić information content (AvgIpc) is 1.63. The molecule has 0 amide bonds. The van der Waals surface area contributed by atoms with Crippen molar-refractivity contribution < 1.29 is 20.1 Å². The summed E-state index contributed by atoms with van der Waals surface area (Å²) < 4.78 is 0. The second-order valence-electron chi connectivity index (χ2n) is 1.41. The predicted octanol–water partition coefficient (Wildman–Crippen LogP) is -0.757. The van der Waals surface area contributed by atoms with Crippen LogP contribution in [0.3, 0.4) is 0 Å². The van der Waals surface area contributed by atoms with Gasteiger partial charge in [0.15, 0.2) is 0 Å². The SMILES string of the molecule is CCC(O)(O)O[N+](=O)[O-]. The molecular weight excluding hydrogens is 130 g/mol. The summed E-state index contributed by atoms with van der Waals surface area (Å²) in [5.74, 6) is -2.64. The number of hydrogen-bond acceptors (Lipinski definition) is 5. The van der Waals surface area contributed by atoms with Gasteiger partial charge >= 0.3 is 5.97 Å². The van der Waals surface area contributed by atoms with E-state index in [0.29, 0.717) is 0 Å². The fourth-order valence-corrected chi connectivity index (χ4v) is 0.184. The molecule has 2 N–H and O–H groups in total. The van der Waals surface area contributed by atoms with Crippen molar-refractivity contribution in [1.82, 2.24) is 0 Å². The fourth-order valence-electron chi connectivity index (χ4n) is 0.184. The van der Waals surface area contributed by atoms with Gasteiger partial charge in [0.2, 0.25) is 0 Å². The van der Waals surface area contributed by atoms with Crippen LogP contribution in [0.4, 0.5) is 0 Å². The Morgan fingerprint density at radius 3 is 2.33 bits per heavy atom. The monoisotopic (exact) mass is 137 g/mol. The number of hydrogen-bond donors (Lipinski definition) is 2. The van der Waals surface area contributed by atoms with E-state index >= 15 is 0 Å². The van der Waals surface area contributed by atoms with Gasteiger partial charge in [-0.15, -0.1) is 10.1 Å². The first-order valence-electron chi connectivity index (χ1n) is 2.26. The molecule has 0 aromatic heterocycles. The minimum Gasteiger partial charge on any atom is -0.345 e. The average molecular weight is 137 g/mol. The van der Waals surface area contributed by atoms with Crippen molar-refractivity contribution in [1.29, 1.82) is 0 Å². The summed E-state index contributed by atoms with van der Waals surface area (Å²) in [4.78, 5) is 12.9. The third-order valence-corrected chi connectivity index (χ3v) is 0.681. The van der Waals surface area contributed by atoms with E-state index in [2.05, 4.69) is 4.84 Å². The molecule has 6 heteroatoms. The molecule has 0 atom stereocenters. The number of rotatable bonds is 3. The van der Waals surface area contributed by atoms with E-state index in [0.717, 1.165) is 0 Å². The molecule has 0 rings (SSSR count). The molecule has 0 bridgehead atoms. The van der Waals surface area contributed by atoms with Crippen LogP contribution >= 0.6 is 0 Å². The second-order valence-corrected chi connectivity index (χ2v) is 1.41. The first-order chi connectivity index (χ1) is 3.98. The minimum absolute atomic E-state index is 0.256. The van der Waals surface area contributed by atoms with Gasteiger partial charge in [-0.2, -0.15) is 0 Å². The highest BCUT2D eigenvalue weighted by Crippen LogP contribution is 2.05. The summed E-state index contributed by atoms with van der Waals surface area (Å²) in [6.45, 7) is 1.34. The van der Waals surface area contributed by atoms with Crippen LogP contribution in [0, 0.1) is 10.1 Å². The normalized spacial score (nSPS) is 11.0. The van der Waals surface area contributed by atoms with E-state index in [9.17, 15) is 10.1 Å². The van der Waals surface area contributed by atoms with Gasteiger partial charge in [0.1, 0.15) is 0 Å². The second kappa shape index (κ2) is 2.60. The van der Waals surface area contributed by atoms with Crippen LogP contribution in [-0.2, 0) is 4.84 Å². The van der Waals surface area contributed by atoms with Gasteiger partial charge in [-0.25, -0.2) is 4.84 Å². The smallest absolute Gasteiger partial charge is 0.319 e. The lowest BCUT2D eigenvalue weighted by Gasteiger charge is -2.14. The van der Waals surface area contributed by atoms with Crippen LogP contribution in [-0.4, -0.2) is 21.3 Å². The Balaban J connectivity index is 3.71. The summed E-state index contributed by atoms with van der Waals surface area (Å²) >= 11 is 0. The zero-order valence-electron chi connectivity index (χ0n) is 4.77. The van der Waals surface area contributed by atoms with Crippen molar-refractivity contribution in [3.8, 4) is 0 Å². The first-order valence-corrected chi connectivity index (χ1v) is 2.26. The molecule has 6 nitrogen and oxygen atoms in total. The molecule has 0 aliphatic heterocycles.